The molecule has 1 aliphatic carbocycles. The number of hydrogen-bond donors (Lipinski definition) is 3. The molecule has 1 atom stereocenters. The van der Waals surface area contributed by atoms with Crippen molar-refractivity contribution in [2.45, 2.75) is 30.9 Å². The van der Waals surface area contributed by atoms with Crippen molar-refractivity contribution in [3.63, 3.8) is 0 Å². The van der Waals surface area contributed by atoms with Crippen molar-refractivity contribution >= 4 is 10.8 Å². The number of rotatable bonds is 5. The minimum Gasteiger partial charge on any atom is -0.394 e. The van der Waals surface area contributed by atoms with Crippen LogP contribution >= 0.6 is 0 Å². The summed E-state index contributed by atoms with van der Waals surface area (Å²) >= 11 is 0. The monoisotopic (exact) mass is 271 g/mol. The Morgan fingerprint density at radius 3 is 2.50 bits per heavy atom. The van der Waals surface area contributed by atoms with Crippen molar-refractivity contribution in [2.75, 3.05) is 13.2 Å². The number of β-amino-alcohol motifs (C(OH)–C–C–N with tert-alkyl or cyclic N) is 1. The molecule has 1 fully saturated rings. The normalized spacial score (nSPS) is 18.7. The van der Waals surface area contributed by atoms with Gasteiger partial charge in [0.05, 0.1) is 12.7 Å². The van der Waals surface area contributed by atoms with E-state index in [1.807, 2.05) is 30.3 Å². The van der Waals surface area contributed by atoms with Gasteiger partial charge in [0.25, 0.3) is 0 Å². The average molecular weight is 271 g/mol. The van der Waals surface area contributed by atoms with Crippen LogP contribution in [0.15, 0.2) is 42.5 Å². The highest BCUT2D eigenvalue weighted by atomic mass is 16.3. The van der Waals surface area contributed by atoms with Crippen molar-refractivity contribution in [1.82, 2.24) is 5.32 Å². The Labute approximate surface area is 119 Å². The summed E-state index contributed by atoms with van der Waals surface area (Å²) in [5, 5.41) is 25.4. The molecule has 1 unspecified atom stereocenters. The van der Waals surface area contributed by atoms with E-state index in [0.29, 0.717) is 6.54 Å². The van der Waals surface area contributed by atoms with Crippen LogP contribution in [0.3, 0.4) is 0 Å². The second-order valence-corrected chi connectivity index (χ2v) is 5.80. The van der Waals surface area contributed by atoms with Gasteiger partial charge in [-0.05, 0) is 41.7 Å². The first-order valence-electron chi connectivity index (χ1n) is 7.25. The van der Waals surface area contributed by atoms with Gasteiger partial charge in [-0.25, -0.2) is 0 Å². The van der Waals surface area contributed by atoms with Gasteiger partial charge in [-0.15, -0.1) is 0 Å². The lowest BCUT2D eigenvalue weighted by Crippen LogP contribution is -2.54. The Hall–Kier alpha value is -1.42. The summed E-state index contributed by atoms with van der Waals surface area (Å²) in [6.45, 7) is 0.635. The number of aliphatic hydroxyl groups excluding tert-OH is 2. The van der Waals surface area contributed by atoms with Gasteiger partial charge in [0.15, 0.2) is 0 Å². The van der Waals surface area contributed by atoms with E-state index in [9.17, 15) is 10.2 Å². The summed E-state index contributed by atoms with van der Waals surface area (Å²) < 4.78 is 0. The van der Waals surface area contributed by atoms with E-state index in [1.165, 1.54) is 5.39 Å². The highest BCUT2D eigenvalue weighted by Crippen LogP contribution is 2.31. The molecule has 2 aromatic rings. The Balaban J connectivity index is 1.70. The van der Waals surface area contributed by atoms with Crippen LogP contribution in [0, 0.1) is 0 Å². The molecule has 3 rings (SSSR count). The zero-order chi connectivity index (χ0) is 14.0. The van der Waals surface area contributed by atoms with Gasteiger partial charge in [0, 0.05) is 12.1 Å². The predicted octanol–water partition coefficient (Wildman–Crippen LogP) is 2.38. The van der Waals surface area contributed by atoms with E-state index in [1.54, 1.807) is 0 Å². The molecule has 0 aromatic heterocycles. The highest BCUT2D eigenvalue weighted by molar-refractivity contribution is 5.83. The molecular formula is C17H21NO2. The van der Waals surface area contributed by atoms with Gasteiger partial charge >= 0.3 is 0 Å². The summed E-state index contributed by atoms with van der Waals surface area (Å²) in [4.78, 5) is 0. The molecule has 0 heterocycles. The quantitative estimate of drug-likeness (QED) is 0.782. The number of nitrogens with one attached hydrogen (secondary N) is 1. The molecule has 0 bridgehead atoms. The van der Waals surface area contributed by atoms with E-state index >= 15 is 0 Å². The topological polar surface area (TPSA) is 52.5 Å². The molecule has 1 aliphatic rings. The maximum absolute atomic E-state index is 10.3. The van der Waals surface area contributed by atoms with Gasteiger partial charge < -0.3 is 15.5 Å². The van der Waals surface area contributed by atoms with Gasteiger partial charge in [-0.1, -0.05) is 36.4 Å². The molecule has 0 aliphatic heterocycles. The predicted molar refractivity (Wildman–Crippen MR) is 80.6 cm³/mol. The lowest BCUT2D eigenvalue weighted by atomic mass is 9.77. The second-order valence-electron chi connectivity index (χ2n) is 5.80. The first-order valence-corrected chi connectivity index (χ1v) is 7.25. The zero-order valence-electron chi connectivity index (χ0n) is 11.5. The second kappa shape index (κ2) is 5.52. The van der Waals surface area contributed by atoms with Gasteiger partial charge in [-0.2, -0.15) is 0 Å². The maximum atomic E-state index is 10.3. The number of aliphatic hydroxyl groups is 2. The summed E-state index contributed by atoms with van der Waals surface area (Å²) in [6.07, 6.45) is 2.60. The van der Waals surface area contributed by atoms with Crippen LogP contribution in [0.2, 0.25) is 0 Å². The first-order chi connectivity index (χ1) is 9.72. The van der Waals surface area contributed by atoms with E-state index in [2.05, 4.69) is 17.4 Å². The van der Waals surface area contributed by atoms with Crippen LogP contribution in [-0.4, -0.2) is 28.9 Å². The first kappa shape index (κ1) is 13.6. The third kappa shape index (κ3) is 2.57. The van der Waals surface area contributed by atoms with Crippen LogP contribution < -0.4 is 5.32 Å². The van der Waals surface area contributed by atoms with E-state index in [-0.39, 0.29) is 12.1 Å². The van der Waals surface area contributed by atoms with Crippen LogP contribution in [0.5, 0.6) is 0 Å². The van der Waals surface area contributed by atoms with Gasteiger partial charge in [0.2, 0.25) is 0 Å². The minimum absolute atomic E-state index is 0.150. The molecule has 1 saturated carbocycles. The van der Waals surface area contributed by atoms with Crippen molar-refractivity contribution in [2.24, 2.45) is 0 Å². The van der Waals surface area contributed by atoms with Crippen LogP contribution in [-0.2, 0) is 0 Å². The molecule has 3 N–H and O–H groups in total. The zero-order valence-corrected chi connectivity index (χ0v) is 11.5. The lowest BCUT2D eigenvalue weighted by Gasteiger charge is -2.41. The average Bonchev–Trinajstić information content (AvgIpc) is 2.46. The molecule has 2 aromatic carbocycles. The smallest absolute Gasteiger partial charge is 0.0914 e. The molecule has 0 saturated heterocycles. The molecule has 20 heavy (non-hydrogen) atoms. The summed E-state index contributed by atoms with van der Waals surface area (Å²) in [5.41, 5.74) is 0.765. The van der Waals surface area contributed by atoms with Crippen molar-refractivity contribution in [3.8, 4) is 0 Å². The highest BCUT2D eigenvalue weighted by Gasteiger charge is 2.36. The molecule has 3 heteroatoms. The van der Waals surface area contributed by atoms with Crippen molar-refractivity contribution in [3.05, 3.63) is 48.0 Å². The fourth-order valence-electron chi connectivity index (χ4n) is 2.84. The van der Waals surface area contributed by atoms with Gasteiger partial charge in [0.1, 0.15) is 0 Å². The van der Waals surface area contributed by atoms with E-state index in [4.69, 9.17) is 0 Å². The van der Waals surface area contributed by atoms with E-state index in [0.717, 1.165) is 30.2 Å². The molecule has 3 nitrogen and oxygen atoms in total. The van der Waals surface area contributed by atoms with Gasteiger partial charge in [-0.3, -0.25) is 0 Å². The molecule has 0 spiro atoms. The van der Waals surface area contributed by atoms with Crippen LogP contribution in [0.1, 0.15) is 30.9 Å². The number of fused-ring (bicyclic) bond motifs is 1. The largest absolute Gasteiger partial charge is 0.394 e. The number of benzene rings is 2. The molecule has 0 amide bonds. The fourth-order valence-corrected chi connectivity index (χ4v) is 2.84. The summed E-state index contributed by atoms with van der Waals surface area (Å²) in [5.74, 6) is 0. The standard InChI is InChI=1S/C17H21NO2/c19-12-17(8-3-9-17)18-11-16(20)15-7-6-13-4-1-2-5-14(13)10-15/h1-2,4-7,10,16,18-20H,3,8-9,11-12H2. The Bertz CT molecular complexity index is 587. The SMILES string of the molecule is OCC1(NCC(O)c2ccc3ccccc3c2)CCC1. The third-order valence-electron chi connectivity index (χ3n) is 4.44. The van der Waals surface area contributed by atoms with Crippen molar-refractivity contribution < 1.29 is 10.2 Å². The summed E-state index contributed by atoms with van der Waals surface area (Å²) in [6, 6.07) is 14.2. The maximum Gasteiger partial charge on any atom is 0.0914 e. The Morgan fingerprint density at radius 1 is 1.10 bits per heavy atom. The third-order valence-corrected chi connectivity index (χ3v) is 4.44. The fraction of sp³-hybridized carbons (Fsp3) is 0.412. The Morgan fingerprint density at radius 2 is 1.85 bits per heavy atom. The number of hydrogen-bond acceptors (Lipinski definition) is 3. The lowest BCUT2D eigenvalue weighted by molar-refractivity contribution is 0.0687. The Kier molecular flexibility index (Phi) is 3.74. The van der Waals surface area contributed by atoms with Crippen LogP contribution in [0.25, 0.3) is 10.8 Å². The molecule has 0 radical (unpaired) electrons. The van der Waals surface area contributed by atoms with Crippen molar-refractivity contribution in [1.29, 1.82) is 0 Å². The summed E-state index contributed by atoms with van der Waals surface area (Å²) in [7, 11) is 0. The van der Waals surface area contributed by atoms with E-state index < -0.39 is 6.10 Å². The minimum atomic E-state index is -0.538. The molecule has 106 valence electrons. The molecular weight excluding hydrogens is 250 g/mol. The van der Waals surface area contributed by atoms with Crippen LogP contribution in [0.4, 0.5) is 0 Å².